The molecule has 0 saturated carbocycles. The first-order valence-corrected chi connectivity index (χ1v) is 5.85. The fourth-order valence-corrected chi connectivity index (χ4v) is 1.52. The molecule has 2 N–H and O–H groups in total. The van der Waals surface area contributed by atoms with Crippen LogP contribution < -0.4 is 5.32 Å². The Labute approximate surface area is 110 Å². The number of carbonyl (C=O) groups is 1. The molecule has 2 aromatic heterocycles. The molecule has 2 aromatic rings. The Morgan fingerprint density at radius 3 is 2.74 bits per heavy atom. The number of anilines is 2. The fraction of sp³-hybridized carbons (Fsp3) is 0.231. The first-order chi connectivity index (χ1) is 9.08. The van der Waals surface area contributed by atoms with Crippen LogP contribution in [0.25, 0.3) is 0 Å². The topological polar surface area (TPSA) is 88.0 Å². The first kappa shape index (κ1) is 12.9. The van der Waals surface area contributed by atoms with Gasteiger partial charge in [-0.25, -0.2) is 14.8 Å². The van der Waals surface area contributed by atoms with E-state index in [1.165, 1.54) is 6.20 Å². The highest BCUT2D eigenvalue weighted by Gasteiger charge is 2.15. The van der Waals surface area contributed by atoms with Crippen LogP contribution in [0.1, 0.15) is 36.1 Å². The number of hydrogen-bond donors (Lipinski definition) is 2. The van der Waals surface area contributed by atoms with Gasteiger partial charge in [0.05, 0.1) is 23.8 Å². The Morgan fingerprint density at radius 2 is 2.16 bits per heavy atom. The summed E-state index contributed by atoms with van der Waals surface area (Å²) in [5.74, 6) is -0.504. The Balaban J connectivity index is 2.37. The highest BCUT2D eigenvalue weighted by molar-refractivity contribution is 5.92. The third-order valence-electron chi connectivity index (χ3n) is 2.47. The number of hydrogen-bond acceptors (Lipinski definition) is 5. The molecule has 0 fully saturated rings. The van der Waals surface area contributed by atoms with Crippen molar-refractivity contribution in [3.05, 3.63) is 42.2 Å². The smallest absolute Gasteiger partial charge is 0.356 e. The average molecular weight is 258 g/mol. The van der Waals surface area contributed by atoms with Crippen molar-refractivity contribution < 1.29 is 9.90 Å². The molecule has 19 heavy (non-hydrogen) atoms. The predicted molar refractivity (Wildman–Crippen MR) is 70.6 cm³/mol. The lowest BCUT2D eigenvalue weighted by Crippen LogP contribution is -2.10. The highest BCUT2D eigenvalue weighted by Crippen LogP contribution is 2.20. The lowest BCUT2D eigenvalue weighted by atomic mass is 10.2. The van der Waals surface area contributed by atoms with Gasteiger partial charge in [-0.05, 0) is 12.1 Å². The summed E-state index contributed by atoms with van der Waals surface area (Å²) in [4.78, 5) is 23.4. The largest absolute Gasteiger partial charge is 0.476 e. The summed E-state index contributed by atoms with van der Waals surface area (Å²) >= 11 is 0. The lowest BCUT2D eigenvalue weighted by molar-refractivity contribution is 0.0691. The standard InChI is InChI=1S/C13H14N4O2/c1-8(2)12-15-7-10(11(17-12)13(18)19)16-9-4-3-5-14-6-9/h3-8,16H,1-2H3,(H,18,19). The van der Waals surface area contributed by atoms with Crippen molar-refractivity contribution >= 4 is 17.3 Å². The van der Waals surface area contributed by atoms with Gasteiger partial charge >= 0.3 is 5.97 Å². The highest BCUT2D eigenvalue weighted by atomic mass is 16.4. The van der Waals surface area contributed by atoms with Crippen LogP contribution in [0, 0.1) is 0 Å². The Kier molecular flexibility index (Phi) is 3.70. The minimum atomic E-state index is -1.09. The van der Waals surface area contributed by atoms with E-state index in [9.17, 15) is 9.90 Å². The monoisotopic (exact) mass is 258 g/mol. The number of carboxylic acids is 1. The Hall–Kier alpha value is -2.50. The first-order valence-electron chi connectivity index (χ1n) is 5.85. The summed E-state index contributed by atoms with van der Waals surface area (Å²) < 4.78 is 0. The molecule has 0 saturated heterocycles. The number of nitrogens with one attached hydrogen (secondary N) is 1. The normalized spacial score (nSPS) is 10.5. The second kappa shape index (κ2) is 5.43. The van der Waals surface area contributed by atoms with Gasteiger partial charge in [-0.1, -0.05) is 13.8 Å². The maximum Gasteiger partial charge on any atom is 0.356 e. The summed E-state index contributed by atoms with van der Waals surface area (Å²) in [6.07, 6.45) is 4.72. The molecule has 0 amide bonds. The third kappa shape index (κ3) is 3.04. The van der Waals surface area contributed by atoms with E-state index in [4.69, 9.17) is 0 Å². The van der Waals surface area contributed by atoms with Gasteiger partial charge in [0.15, 0.2) is 5.69 Å². The van der Waals surface area contributed by atoms with Crippen LogP contribution in [0.3, 0.4) is 0 Å². The van der Waals surface area contributed by atoms with Gasteiger partial charge in [-0.15, -0.1) is 0 Å². The maximum atomic E-state index is 11.2. The molecule has 0 aliphatic carbocycles. The van der Waals surface area contributed by atoms with E-state index < -0.39 is 5.97 Å². The zero-order chi connectivity index (χ0) is 13.8. The van der Waals surface area contributed by atoms with E-state index in [1.54, 1.807) is 24.5 Å². The van der Waals surface area contributed by atoms with Gasteiger partial charge < -0.3 is 10.4 Å². The number of pyridine rings is 1. The quantitative estimate of drug-likeness (QED) is 0.875. The van der Waals surface area contributed by atoms with Crippen LogP contribution in [0.15, 0.2) is 30.7 Å². The molecule has 98 valence electrons. The average Bonchev–Trinajstić information content (AvgIpc) is 2.39. The Bertz CT molecular complexity index is 584. The molecule has 0 aliphatic rings. The van der Waals surface area contributed by atoms with Crippen molar-refractivity contribution in [2.45, 2.75) is 19.8 Å². The van der Waals surface area contributed by atoms with Crippen molar-refractivity contribution in [3.63, 3.8) is 0 Å². The molecular weight excluding hydrogens is 244 g/mol. The van der Waals surface area contributed by atoms with Crippen LogP contribution in [0.5, 0.6) is 0 Å². The molecule has 0 atom stereocenters. The minimum absolute atomic E-state index is 0.0393. The fourth-order valence-electron chi connectivity index (χ4n) is 1.52. The van der Waals surface area contributed by atoms with E-state index in [1.807, 2.05) is 13.8 Å². The van der Waals surface area contributed by atoms with E-state index >= 15 is 0 Å². The number of aromatic carboxylic acids is 1. The molecule has 0 radical (unpaired) electrons. The lowest BCUT2D eigenvalue weighted by Gasteiger charge is -2.10. The molecule has 0 spiro atoms. The van der Waals surface area contributed by atoms with Crippen LogP contribution in [0.4, 0.5) is 11.4 Å². The van der Waals surface area contributed by atoms with Crippen molar-refractivity contribution in [2.75, 3.05) is 5.32 Å². The zero-order valence-electron chi connectivity index (χ0n) is 10.7. The number of nitrogens with zero attached hydrogens (tertiary/aromatic N) is 3. The van der Waals surface area contributed by atoms with Crippen molar-refractivity contribution in [1.82, 2.24) is 15.0 Å². The van der Waals surface area contributed by atoms with Crippen LogP contribution in [0.2, 0.25) is 0 Å². The molecule has 2 heterocycles. The van der Waals surface area contributed by atoms with Crippen molar-refractivity contribution in [3.8, 4) is 0 Å². The summed E-state index contributed by atoms with van der Waals surface area (Å²) in [6, 6.07) is 3.54. The molecule has 0 aromatic carbocycles. The molecule has 2 rings (SSSR count). The van der Waals surface area contributed by atoms with Gasteiger partial charge in [0.2, 0.25) is 0 Å². The second-order valence-electron chi connectivity index (χ2n) is 4.32. The molecule has 0 aliphatic heterocycles. The summed E-state index contributed by atoms with van der Waals surface area (Å²) in [5.41, 5.74) is 0.998. The van der Waals surface area contributed by atoms with E-state index in [0.29, 0.717) is 17.2 Å². The summed E-state index contributed by atoms with van der Waals surface area (Å²) in [7, 11) is 0. The van der Waals surface area contributed by atoms with Gasteiger partial charge in [0.25, 0.3) is 0 Å². The Morgan fingerprint density at radius 1 is 1.37 bits per heavy atom. The molecule has 6 heteroatoms. The van der Waals surface area contributed by atoms with E-state index in [-0.39, 0.29) is 11.6 Å². The number of carboxylic acid groups (broad SMARTS) is 1. The van der Waals surface area contributed by atoms with Crippen LogP contribution in [-0.4, -0.2) is 26.0 Å². The third-order valence-corrected chi connectivity index (χ3v) is 2.47. The maximum absolute atomic E-state index is 11.2. The van der Waals surface area contributed by atoms with Gasteiger partial charge in [-0.2, -0.15) is 0 Å². The number of aromatic nitrogens is 3. The van der Waals surface area contributed by atoms with Gasteiger partial charge in [0.1, 0.15) is 5.82 Å². The summed E-state index contributed by atoms with van der Waals surface area (Å²) in [6.45, 7) is 3.82. The minimum Gasteiger partial charge on any atom is -0.476 e. The molecular formula is C13H14N4O2. The summed E-state index contributed by atoms with van der Waals surface area (Å²) in [5, 5.41) is 12.2. The van der Waals surface area contributed by atoms with Gasteiger partial charge in [0, 0.05) is 12.1 Å². The van der Waals surface area contributed by atoms with Crippen molar-refractivity contribution in [1.29, 1.82) is 0 Å². The second-order valence-corrected chi connectivity index (χ2v) is 4.32. The zero-order valence-corrected chi connectivity index (χ0v) is 10.7. The van der Waals surface area contributed by atoms with Crippen molar-refractivity contribution in [2.24, 2.45) is 0 Å². The predicted octanol–water partition coefficient (Wildman–Crippen LogP) is 2.44. The van der Waals surface area contributed by atoms with E-state index in [0.717, 1.165) is 0 Å². The van der Waals surface area contributed by atoms with Gasteiger partial charge in [-0.3, -0.25) is 4.98 Å². The molecule has 0 unspecified atom stereocenters. The molecule has 0 bridgehead atoms. The van der Waals surface area contributed by atoms with Crippen LogP contribution >= 0.6 is 0 Å². The van der Waals surface area contributed by atoms with E-state index in [2.05, 4.69) is 20.3 Å². The number of rotatable bonds is 4. The van der Waals surface area contributed by atoms with Crippen LogP contribution in [-0.2, 0) is 0 Å². The SMILES string of the molecule is CC(C)c1ncc(Nc2cccnc2)c(C(=O)O)n1. The molecule has 6 nitrogen and oxygen atoms in total.